The first kappa shape index (κ1) is 19.6. The van der Waals surface area contributed by atoms with Crippen LogP contribution in [-0.4, -0.2) is 33.8 Å². The number of methoxy groups -OCH3 is 2. The Morgan fingerprint density at radius 3 is 2.19 bits per heavy atom. The average Bonchev–Trinajstić information content (AvgIpc) is 3.26. The van der Waals surface area contributed by atoms with Gasteiger partial charge in [0.15, 0.2) is 5.65 Å². The van der Waals surface area contributed by atoms with Crippen molar-refractivity contribution in [3.63, 3.8) is 0 Å². The van der Waals surface area contributed by atoms with Gasteiger partial charge in [0, 0.05) is 29.4 Å². The van der Waals surface area contributed by atoms with Crippen LogP contribution in [0.15, 0.2) is 85.2 Å². The number of aromatic nitrogens is 4. The Kier molecular flexibility index (Phi) is 5.13. The van der Waals surface area contributed by atoms with Gasteiger partial charge < -0.3 is 14.8 Å². The summed E-state index contributed by atoms with van der Waals surface area (Å²) in [7, 11) is 3.23. The summed E-state index contributed by atoms with van der Waals surface area (Å²) in [6, 6.07) is 24.0. The molecule has 3 aromatic carbocycles. The topological polar surface area (TPSA) is 73.6 Å². The van der Waals surface area contributed by atoms with Gasteiger partial charge in [-0.05, 0) is 11.1 Å². The van der Waals surface area contributed by atoms with Crippen LogP contribution >= 0.6 is 0 Å². The number of benzene rings is 3. The number of anilines is 2. The Balaban J connectivity index is 1.58. The summed E-state index contributed by atoms with van der Waals surface area (Å²) < 4.78 is 12.5. The molecule has 1 N–H and O–H groups in total. The summed E-state index contributed by atoms with van der Waals surface area (Å²) in [6.45, 7) is 0. The zero-order valence-corrected chi connectivity index (χ0v) is 17.7. The van der Waals surface area contributed by atoms with Crippen molar-refractivity contribution in [3.8, 4) is 33.9 Å². The van der Waals surface area contributed by atoms with Crippen LogP contribution in [0.5, 0.6) is 11.5 Å². The molecule has 7 nitrogen and oxygen atoms in total. The third-order valence-electron chi connectivity index (χ3n) is 5.14. The van der Waals surface area contributed by atoms with Crippen LogP contribution in [0.25, 0.3) is 28.0 Å². The largest absolute Gasteiger partial charge is 0.497 e. The fourth-order valence-corrected chi connectivity index (χ4v) is 3.64. The van der Waals surface area contributed by atoms with Crippen LogP contribution in [0.2, 0.25) is 0 Å². The standard InChI is InChI=1S/C25H21N5O2/c1-31-19-12-18(13-20(14-19)32-2)27-25-28-24-16-26-15-23(30(24)29-25)22-11-7-6-10-21(22)17-8-4-3-5-9-17/h3-16H,1-2H3,(H,27,29). The molecular formula is C25H21N5O2. The molecule has 5 rings (SSSR count). The number of fused-ring (bicyclic) bond motifs is 1. The molecule has 0 aliphatic carbocycles. The molecule has 7 heteroatoms. The minimum Gasteiger partial charge on any atom is -0.497 e. The van der Waals surface area contributed by atoms with Gasteiger partial charge in [0.1, 0.15) is 11.5 Å². The van der Waals surface area contributed by atoms with Gasteiger partial charge in [-0.2, -0.15) is 4.98 Å². The first-order valence-electron chi connectivity index (χ1n) is 10.1. The van der Waals surface area contributed by atoms with Gasteiger partial charge in [0.2, 0.25) is 5.95 Å². The van der Waals surface area contributed by atoms with Crippen molar-refractivity contribution in [1.82, 2.24) is 19.6 Å². The quantitative estimate of drug-likeness (QED) is 0.404. The molecule has 0 aliphatic heterocycles. The Labute approximate surface area is 185 Å². The van der Waals surface area contributed by atoms with Gasteiger partial charge in [-0.15, -0.1) is 5.10 Å². The average molecular weight is 423 g/mol. The highest BCUT2D eigenvalue weighted by Crippen LogP contribution is 2.32. The van der Waals surface area contributed by atoms with Gasteiger partial charge in [0.05, 0.1) is 32.3 Å². The van der Waals surface area contributed by atoms with Crippen molar-refractivity contribution in [2.45, 2.75) is 0 Å². The minimum atomic E-state index is 0.451. The van der Waals surface area contributed by atoms with E-state index in [0.29, 0.717) is 23.1 Å². The molecule has 0 unspecified atom stereocenters. The molecule has 0 fully saturated rings. The predicted molar refractivity (Wildman–Crippen MR) is 124 cm³/mol. The summed E-state index contributed by atoms with van der Waals surface area (Å²) in [5.74, 6) is 1.80. The van der Waals surface area contributed by atoms with Gasteiger partial charge in [-0.3, -0.25) is 4.98 Å². The molecule has 5 aromatic rings. The number of ether oxygens (including phenoxy) is 2. The fourth-order valence-electron chi connectivity index (χ4n) is 3.64. The Bertz CT molecular complexity index is 1360. The molecule has 0 spiro atoms. The van der Waals surface area contributed by atoms with E-state index in [1.807, 2.05) is 54.7 Å². The van der Waals surface area contributed by atoms with Gasteiger partial charge in [-0.1, -0.05) is 54.6 Å². The lowest BCUT2D eigenvalue weighted by atomic mass is 9.98. The molecule has 2 heterocycles. The Morgan fingerprint density at radius 2 is 1.47 bits per heavy atom. The van der Waals surface area contributed by atoms with E-state index in [1.165, 1.54) is 0 Å². The Morgan fingerprint density at radius 1 is 0.781 bits per heavy atom. The van der Waals surface area contributed by atoms with E-state index in [0.717, 1.165) is 28.1 Å². The summed E-state index contributed by atoms with van der Waals surface area (Å²) in [5.41, 5.74) is 5.51. The minimum absolute atomic E-state index is 0.451. The highest BCUT2D eigenvalue weighted by molar-refractivity contribution is 5.82. The van der Waals surface area contributed by atoms with Crippen LogP contribution in [0.1, 0.15) is 0 Å². The van der Waals surface area contributed by atoms with Crippen molar-refractivity contribution in [2.24, 2.45) is 0 Å². The second-order valence-electron chi connectivity index (χ2n) is 7.14. The molecule has 0 saturated heterocycles. The smallest absolute Gasteiger partial charge is 0.247 e. The maximum absolute atomic E-state index is 5.35. The molecule has 158 valence electrons. The molecule has 0 aliphatic rings. The van der Waals surface area contributed by atoms with Crippen molar-refractivity contribution in [1.29, 1.82) is 0 Å². The van der Waals surface area contributed by atoms with Crippen molar-refractivity contribution in [3.05, 3.63) is 85.2 Å². The second kappa shape index (κ2) is 8.39. The predicted octanol–water partition coefficient (Wildman–Crippen LogP) is 5.22. The van der Waals surface area contributed by atoms with E-state index in [9.17, 15) is 0 Å². The second-order valence-corrected chi connectivity index (χ2v) is 7.14. The van der Waals surface area contributed by atoms with Crippen LogP contribution in [0.3, 0.4) is 0 Å². The summed E-state index contributed by atoms with van der Waals surface area (Å²) >= 11 is 0. The fraction of sp³-hybridized carbons (Fsp3) is 0.0800. The summed E-state index contributed by atoms with van der Waals surface area (Å²) in [4.78, 5) is 9.01. The van der Waals surface area contributed by atoms with Crippen LogP contribution < -0.4 is 14.8 Å². The van der Waals surface area contributed by atoms with E-state index in [4.69, 9.17) is 14.6 Å². The van der Waals surface area contributed by atoms with Crippen LogP contribution in [0, 0.1) is 0 Å². The van der Waals surface area contributed by atoms with Crippen molar-refractivity contribution >= 4 is 17.3 Å². The molecule has 32 heavy (non-hydrogen) atoms. The first-order valence-corrected chi connectivity index (χ1v) is 10.1. The van der Waals surface area contributed by atoms with Gasteiger partial charge >= 0.3 is 0 Å². The molecule has 0 amide bonds. The lowest BCUT2D eigenvalue weighted by Gasteiger charge is -2.10. The van der Waals surface area contributed by atoms with E-state index >= 15 is 0 Å². The molecular weight excluding hydrogens is 402 g/mol. The monoisotopic (exact) mass is 423 g/mol. The number of nitrogens with one attached hydrogen (secondary N) is 1. The normalized spacial score (nSPS) is 10.8. The molecule has 0 radical (unpaired) electrons. The van der Waals surface area contributed by atoms with E-state index in [-0.39, 0.29) is 0 Å². The lowest BCUT2D eigenvalue weighted by Crippen LogP contribution is -1.98. The van der Waals surface area contributed by atoms with Crippen molar-refractivity contribution < 1.29 is 9.47 Å². The van der Waals surface area contributed by atoms with E-state index in [1.54, 1.807) is 24.9 Å². The number of hydrogen-bond donors (Lipinski definition) is 1. The number of hydrogen-bond acceptors (Lipinski definition) is 6. The molecule has 0 saturated carbocycles. The molecule has 0 bridgehead atoms. The van der Waals surface area contributed by atoms with Crippen molar-refractivity contribution in [2.75, 3.05) is 19.5 Å². The SMILES string of the molecule is COc1cc(Nc2nc3cncc(-c4ccccc4-c4ccccc4)n3n2)cc(OC)c1. The molecule has 0 atom stereocenters. The van der Waals surface area contributed by atoms with Crippen LogP contribution in [-0.2, 0) is 0 Å². The van der Waals surface area contributed by atoms with E-state index in [2.05, 4.69) is 39.6 Å². The molecule has 2 aromatic heterocycles. The maximum atomic E-state index is 5.35. The van der Waals surface area contributed by atoms with E-state index < -0.39 is 0 Å². The third kappa shape index (κ3) is 3.72. The van der Waals surface area contributed by atoms with Gasteiger partial charge in [0.25, 0.3) is 0 Å². The Hall–Kier alpha value is -4.39. The summed E-state index contributed by atoms with van der Waals surface area (Å²) in [5, 5.41) is 7.94. The maximum Gasteiger partial charge on any atom is 0.247 e. The summed E-state index contributed by atoms with van der Waals surface area (Å²) in [6.07, 6.45) is 3.50. The van der Waals surface area contributed by atoms with Gasteiger partial charge in [-0.25, -0.2) is 4.52 Å². The highest BCUT2D eigenvalue weighted by Gasteiger charge is 2.14. The number of nitrogens with zero attached hydrogens (tertiary/aromatic N) is 4. The number of rotatable bonds is 6. The van der Waals surface area contributed by atoms with Crippen LogP contribution in [0.4, 0.5) is 11.6 Å². The zero-order valence-electron chi connectivity index (χ0n) is 17.7. The lowest BCUT2D eigenvalue weighted by molar-refractivity contribution is 0.395. The third-order valence-corrected chi connectivity index (χ3v) is 5.14. The first-order chi connectivity index (χ1) is 15.7. The highest BCUT2D eigenvalue weighted by atomic mass is 16.5. The zero-order chi connectivity index (χ0) is 21.9.